The molecule has 3 aromatic rings. The lowest BCUT2D eigenvalue weighted by atomic mass is 9.88. The van der Waals surface area contributed by atoms with Crippen molar-refractivity contribution in [3.63, 3.8) is 0 Å². The number of hydrogen-bond donors (Lipinski definition) is 1. The Labute approximate surface area is 229 Å². The molecule has 0 spiro atoms. The minimum Gasteiger partial charge on any atom is -0.494 e. The van der Waals surface area contributed by atoms with Crippen LogP contribution >= 0.6 is 0 Å². The monoisotopic (exact) mass is 559 g/mol. The van der Waals surface area contributed by atoms with Gasteiger partial charge >= 0.3 is 6.18 Å². The zero-order valence-corrected chi connectivity index (χ0v) is 22.5. The molecule has 3 heterocycles. The molecular formula is C28H32F3N5O4. The van der Waals surface area contributed by atoms with E-state index in [1.807, 2.05) is 4.90 Å². The lowest BCUT2D eigenvalue weighted by Gasteiger charge is -2.37. The van der Waals surface area contributed by atoms with E-state index in [0.717, 1.165) is 31.7 Å². The van der Waals surface area contributed by atoms with E-state index in [0.29, 0.717) is 37.1 Å². The van der Waals surface area contributed by atoms with Crippen molar-refractivity contribution in [3.05, 3.63) is 41.4 Å². The van der Waals surface area contributed by atoms with Crippen molar-refractivity contribution in [1.29, 1.82) is 0 Å². The van der Waals surface area contributed by atoms with Gasteiger partial charge in [0.25, 0.3) is 5.91 Å². The van der Waals surface area contributed by atoms with E-state index in [1.54, 1.807) is 17.9 Å². The fourth-order valence-corrected chi connectivity index (χ4v) is 5.50. The van der Waals surface area contributed by atoms with Crippen molar-refractivity contribution in [1.82, 2.24) is 19.8 Å². The minimum atomic E-state index is -4.63. The number of piperazine rings is 1. The quantitative estimate of drug-likeness (QED) is 0.478. The molecule has 40 heavy (non-hydrogen) atoms. The summed E-state index contributed by atoms with van der Waals surface area (Å²) in [5, 5.41) is 0.318. The fraction of sp³-hybridized carbons (Fsp3) is 0.500. The maximum atomic E-state index is 13.6. The first-order valence-electron chi connectivity index (χ1n) is 13.5. The summed E-state index contributed by atoms with van der Waals surface area (Å²) in [6.45, 7) is 3.25. The molecule has 0 unspecified atom stereocenters. The van der Waals surface area contributed by atoms with Gasteiger partial charge in [-0.2, -0.15) is 13.2 Å². The number of pyridine rings is 1. The molecule has 2 aliphatic rings. The number of oxazole rings is 1. The van der Waals surface area contributed by atoms with Crippen molar-refractivity contribution in [3.8, 4) is 17.2 Å². The molecule has 214 valence electrons. The molecule has 9 nitrogen and oxygen atoms in total. The van der Waals surface area contributed by atoms with E-state index in [-0.39, 0.29) is 46.3 Å². The Hall–Kier alpha value is -3.67. The molecule has 1 aliphatic carbocycles. The number of alkyl halides is 3. The summed E-state index contributed by atoms with van der Waals surface area (Å²) in [4.78, 5) is 38.2. The molecule has 1 aliphatic heterocycles. The van der Waals surface area contributed by atoms with Crippen molar-refractivity contribution in [2.24, 2.45) is 11.7 Å². The highest BCUT2D eigenvalue weighted by Gasteiger charge is 2.35. The van der Waals surface area contributed by atoms with Crippen molar-refractivity contribution in [2.45, 2.75) is 51.2 Å². The lowest BCUT2D eigenvalue weighted by molar-refractivity contribution is -0.141. The Morgan fingerprint density at radius 2 is 1.70 bits per heavy atom. The number of rotatable bonds is 5. The first-order valence-corrected chi connectivity index (χ1v) is 13.5. The van der Waals surface area contributed by atoms with Crippen LogP contribution in [-0.4, -0.2) is 64.9 Å². The van der Waals surface area contributed by atoms with E-state index < -0.39 is 17.9 Å². The number of nitrogens with zero attached hydrogens (tertiary/aromatic N) is 4. The Kier molecular flexibility index (Phi) is 7.72. The highest BCUT2D eigenvalue weighted by Crippen LogP contribution is 2.37. The summed E-state index contributed by atoms with van der Waals surface area (Å²) in [7, 11) is 1.34. The van der Waals surface area contributed by atoms with Gasteiger partial charge < -0.3 is 24.7 Å². The number of halogens is 3. The SMILES string of the molecule is COc1ccc(-c2nc(C(=O)N3CCN(C(=O)C4CCCCC4)CC3)c([C@H](C)N)o2)c2ccc(C(F)(F)F)nc12. The molecule has 2 aromatic heterocycles. The number of benzene rings is 1. The van der Waals surface area contributed by atoms with Crippen LogP contribution in [0.4, 0.5) is 13.2 Å². The number of hydrogen-bond acceptors (Lipinski definition) is 7. The number of ether oxygens (including phenoxy) is 1. The summed E-state index contributed by atoms with van der Waals surface area (Å²) in [5.41, 5.74) is 5.45. The summed E-state index contributed by atoms with van der Waals surface area (Å²) >= 11 is 0. The molecular weight excluding hydrogens is 527 g/mol. The minimum absolute atomic E-state index is 0.0120. The third kappa shape index (κ3) is 5.36. The van der Waals surface area contributed by atoms with Gasteiger partial charge in [0.15, 0.2) is 11.5 Å². The van der Waals surface area contributed by atoms with Crippen LogP contribution in [0.1, 0.15) is 67.0 Å². The first-order chi connectivity index (χ1) is 19.1. The van der Waals surface area contributed by atoms with Gasteiger partial charge in [-0.3, -0.25) is 9.59 Å². The van der Waals surface area contributed by atoms with Crippen LogP contribution in [0.5, 0.6) is 5.75 Å². The van der Waals surface area contributed by atoms with Crippen LogP contribution in [0.3, 0.4) is 0 Å². The van der Waals surface area contributed by atoms with E-state index in [9.17, 15) is 22.8 Å². The second kappa shape index (κ2) is 11.1. The van der Waals surface area contributed by atoms with Crippen LogP contribution < -0.4 is 10.5 Å². The number of nitrogens with two attached hydrogens (primary N) is 1. The lowest BCUT2D eigenvalue weighted by Crippen LogP contribution is -2.52. The number of aromatic nitrogens is 2. The van der Waals surface area contributed by atoms with Crippen LogP contribution in [0.15, 0.2) is 28.7 Å². The van der Waals surface area contributed by atoms with E-state index >= 15 is 0 Å². The smallest absolute Gasteiger partial charge is 0.433 e. The van der Waals surface area contributed by atoms with Gasteiger partial charge in [-0.25, -0.2) is 9.97 Å². The highest BCUT2D eigenvalue weighted by atomic mass is 19.4. The van der Waals surface area contributed by atoms with E-state index in [1.165, 1.54) is 25.7 Å². The zero-order valence-electron chi connectivity index (χ0n) is 22.5. The number of carbonyl (C=O) groups is 2. The molecule has 5 rings (SSSR count). The van der Waals surface area contributed by atoms with Gasteiger partial charge in [-0.15, -0.1) is 0 Å². The molecule has 1 atom stereocenters. The summed E-state index contributed by atoms with van der Waals surface area (Å²) < 4.78 is 51.2. The zero-order chi connectivity index (χ0) is 28.6. The van der Waals surface area contributed by atoms with Gasteiger partial charge in [-0.1, -0.05) is 19.3 Å². The fourth-order valence-electron chi connectivity index (χ4n) is 5.50. The van der Waals surface area contributed by atoms with Crippen LogP contribution in [0.25, 0.3) is 22.4 Å². The van der Waals surface area contributed by atoms with Crippen LogP contribution in [0, 0.1) is 5.92 Å². The number of carbonyl (C=O) groups excluding carboxylic acids is 2. The van der Waals surface area contributed by atoms with E-state index in [4.69, 9.17) is 14.9 Å². The molecule has 2 fully saturated rings. The predicted octanol–water partition coefficient (Wildman–Crippen LogP) is 4.80. The summed E-state index contributed by atoms with van der Waals surface area (Å²) in [5.74, 6) is 0.226. The standard InChI is InChI=1S/C28H32F3N5O4/c1-16(32)24-23(27(38)36-14-12-35(13-15-36)26(37)17-6-4-3-5-7-17)34-25(40-24)19-8-10-20(39-2)22-18(19)9-11-21(33-22)28(29,30)31/h8-11,16-17H,3-7,12-15,32H2,1-2H3/t16-/m0/s1. The molecule has 2 amide bonds. The molecule has 1 aromatic carbocycles. The van der Waals surface area contributed by atoms with Crippen molar-refractivity contribution in [2.75, 3.05) is 33.3 Å². The van der Waals surface area contributed by atoms with Gasteiger partial charge in [0.05, 0.1) is 13.2 Å². The third-order valence-corrected chi connectivity index (χ3v) is 7.66. The highest BCUT2D eigenvalue weighted by molar-refractivity contribution is 5.98. The predicted molar refractivity (Wildman–Crippen MR) is 140 cm³/mol. The largest absolute Gasteiger partial charge is 0.494 e. The second-order valence-electron chi connectivity index (χ2n) is 10.4. The molecule has 1 saturated carbocycles. The van der Waals surface area contributed by atoms with E-state index in [2.05, 4.69) is 9.97 Å². The maximum absolute atomic E-state index is 13.6. The number of amides is 2. The first kappa shape index (κ1) is 27.9. The normalized spacial score (nSPS) is 17.8. The van der Waals surface area contributed by atoms with Gasteiger partial charge in [0.1, 0.15) is 17.0 Å². The molecule has 2 N–H and O–H groups in total. The number of methoxy groups -OCH3 is 1. The second-order valence-corrected chi connectivity index (χ2v) is 10.4. The van der Waals surface area contributed by atoms with Crippen molar-refractivity contribution < 1.29 is 31.9 Å². The maximum Gasteiger partial charge on any atom is 0.433 e. The van der Waals surface area contributed by atoms with Crippen LogP contribution in [0.2, 0.25) is 0 Å². The Balaban J connectivity index is 1.41. The van der Waals surface area contributed by atoms with Crippen molar-refractivity contribution >= 4 is 22.7 Å². The summed E-state index contributed by atoms with van der Waals surface area (Å²) in [6.07, 6.45) is 0.532. The molecule has 12 heteroatoms. The Morgan fingerprint density at radius 3 is 2.33 bits per heavy atom. The molecule has 1 saturated heterocycles. The average molecular weight is 560 g/mol. The number of fused-ring (bicyclic) bond motifs is 1. The Bertz CT molecular complexity index is 1410. The van der Waals surface area contributed by atoms with Crippen LogP contribution in [-0.2, 0) is 11.0 Å². The Morgan fingerprint density at radius 1 is 1.02 bits per heavy atom. The summed E-state index contributed by atoms with van der Waals surface area (Å²) in [6, 6.07) is 4.55. The average Bonchev–Trinajstić information content (AvgIpc) is 3.41. The van der Waals surface area contributed by atoms with Gasteiger partial charge in [0, 0.05) is 43.0 Å². The van der Waals surface area contributed by atoms with Gasteiger partial charge in [-0.05, 0) is 44.0 Å². The molecule has 0 radical (unpaired) electrons. The molecule has 0 bridgehead atoms. The topological polar surface area (TPSA) is 115 Å². The van der Waals surface area contributed by atoms with Gasteiger partial charge in [0.2, 0.25) is 11.8 Å². The third-order valence-electron chi connectivity index (χ3n) is 7.66.